The highest BCUT2D eigenvalue weighted by molar-refractivity contribution is 6.35. The number of anilines is 2. The summed E-state index contributed by atoms with van der Waals surface area (Å²) in [6.07, 6.45) is 2.03. The molecular weight excluding hydrogens is 305 g/mol. The highest BCUT2D eigenvalue weighted by Gasteiger charge is 2.05. The molecule has 21 heavy (non-hydrogen) atoms. The van der Waals surface area contributed by atoms with Gasteiger partial charge in [0.25, 0.3) is 0 Å². The number of benzene rings is 2. The van der Waals surface area contributed by atoms with Crippen LogP contribution in [-0.2, 0) is 6.54 Å². The fourth-order valence-corrected chi connectivity index (χ4v) is 2.92. The van der Waals surface area contributed by atoms with Crippen LogP contribution in [0.3, 0.4) is 0 Å². The van der Waals surface area contributed by atoms with E-state index in [9.17, 15) is 0 Å². The molecule has 0 radical (unpaired) electrons. The first-order valence-corrected chi connectivity index (χ1v) is 7.39. The van der Waals surface area contributed by atoms with E-state index < -0.39 is 0 Å². The van der Waals surface area contributed by atoms with Crippen molar-refractivity contribution in [2.24, 2.45) is 0 Å². The molecular formula is C16H15Cl2N3. The van der Waals surface area contributed by atoms with Crippen molar-refractivity contribution >= 4 is 45.5 Å². The number of H-pyrrole nitrogens is 1. The number of aromatic amines is 1. The van der Waals surface area contributed by atoms with Crippen molar-refractivity contribution in [3.05, 3.63) is 58.2 Å². The first-order chi connectivity index (χ1) is 10.2. The van der Waals surface area contributed by atoms with Gasteiger partial charge in [0.15, 0.2) is 0 Å². The monoisotopic (exact) mass is 319 g/mol. The summed E-state index contributed by atoms with van der Waals surface area (Å²) in [6, 6.07) is 11.6. The van der Waals surface area contributed by atoms with Gasteiger partial charge >= 0.3 is 0 Å². The molecule has 0 atom stereocenters. The molecule has 1 heterocycles. The van der Waals surface area contributed by atoms with Crippen molar-refractivity contribution in [2.45, 2.75) is 6.54 Å². The van der Waals surface area contributed by atoms with Crippen molar-refractivity contribution in [2.75, 3.05) is 12.4 Å². The predicted octanol–water partition coefficient (Wildman–Crippen LogP) is 4.94. The number of aromatic nitrogens is 1. The van der Waals surface area contributed by atoms with Crippen LogP contribution in [0.15, 0.2) is 42.6 Å². The topological polar surface area (TPSA) is 39.9 Å². The summed E-state index contributed by atoms with van der Waals surface area (Å²) in [7, 11) is 1.94. The Labute approximate surface area is 133 Å². The zero-order chi connectivity index (χ0) is 14.8. The molecule has 0 spiro atoms. The minimum Gasteiger partial charge on any atom is -0.361 e. The van der Waals surface area contributed by atoms with Gasteiger partial charge in [0.2, 0.25) is 0 Å². The number of rotatable bonds is 4. The number of fused-ring (bicyclic) bond motifs is 1. The van der Waals surface area contributed by atoms with Gasteiger partial charge in [0.05, 0.1) is 0 Å². The number of nitrogens with one attached hydrogen (secondary N) is 3. The van der Waals surface area contributed by atoms with Gasteiger partial charge in [-0.25, -0.2) is 0 Å². The highest BCUT2D eigenvalue weighted by atomic mass is 35.5. The third-order valence-corrected chi connectivity index (χ3v) is 3.72. The minimum absolute atomic E-state index is 0.613. The largest absolute Gasteiger partial charge is 0.361 e. The van der Waals surface area contributed by atoms with Crippen molar-refractivity contribution in [3.8, 4) is 0 Å². The molecule has 3 N–H and O–H groups in total. The SMILES string of the molecule is CNCc1c[nH]c2cc(Nc3cc(Cl)cc(Cl)c3)ccc12. The van der Waals surface area contributed by atoms with E-state index in [1.54, 1.807) is 6.07 Å². The lowest BCUT2D eigenvalue weighted by Crippen LogP contribution is -2.03. The molecule has 3 nitrogen and oxygen atoms in total. The molecule has 0 saturated heterocycles. The first kappa shape index (κ1) is 14.3. The minimum atomic E-state index is 0.613. The second-order valence-electron chi connectivity index (χ2n) is 4.89. The fourth-order valence-electron chi connectivity index (χ4n) is 2.39. The lowest BCUT2D eigenvalue weighted by molar-refractivity contribution is 0.823. The van der Waals surface area contributed by atoms with Gasteiger partial charge < -0.3 is 15.6 Å². The standard InChI is InChI=1S/C16H15Cl2N3/c1-19-8-10-9-20-16-7-13(2-3-15(10)16)21-14-5-11(17)4-12(18)6-14/h2-7,9,19-21H,8H2,1H3. The summed E-state index contributed by atoms with van der Waals surface area (Å²) in [6.45, 7) is 0.844. The predicted molar refractivity (Wildman–Crippen MR) is 90.8 cm³/mol. The Morgan fingerprint density at radius 2 is 1.76 bits per heavy atom. The molecule has 0 fully saturated rings. The van der Waals surface area contributed by atoms with Gasteiger partial charge in [-0.3, -0.25) is 0 Å². The molecule has 0 aliphatic heterocycles. The van der Waals surface area contributed by atoms with E-state index in [-0.39, 0.29) is 0 Å². The Balaban J connectivity index is 1.90. The third-order valence-electron chi connectivity index (χ3n) is 3.29. The van der Waals surface area contributed by atoms with Crippen molar-refractivity contribution in [1.29, 1.82) is 0 Å². The average Bonchev–Trinajstić information content (AvgIpc) is 2.81. The van der Waals surface area contributed by atoms with E-state index in [4.69, 9.17) is 23.2 Å². The number of halogens is 2. The molecule has 0 aliphatic carbocycles. The van der Waals surface area contributed by atoms with Crippen molar-refractivity contribution in [1.82, 2.24) is 10.3 Å². The normalized spacial score (nSPS) is 11.0. The van der Waals surface area contributed by atoms with Gasteiger partial charge in [0.1, 0.15) is 0 Å². The molecule has 0 amide bonds. The maximum atomic E-state index is 6.01. The van der Waals surface area contributed by atoms with Crippen molar-refractivity contribution < 1.29 is 0 Å². The quantitative estimate of drug-likeness (QED) is 0.637. The summed E-state index contributed by atoms with van der Waals surface area (Å²) < 4.78 is 0. The van der Waals surface area contributed by atoms with Crippen LogP contribution in [0.25, 0.3) is 10.9 Å². The summed E-state index contributed by atoms with van der Waals surface area (Å²) in [5.74, 6) is 0. The van der Waals surface area contributed by atoms with Crippen LogP contribution in [0.2, 0.25) is 10.0 Å². The van der Waals surface area contributed by atoms with Crippen LogP contribution in [0.4, 0.5) is 11.4 Å². The second kappa shape index (κ2) is 5.98. The maximum absolute atomic E-state index is 6.01. The summed E-state index contributed by atoms with van der Waals surface area (Å²) in [5, 5.41) is 8.93. The Bertz CT molecular complexity index is 760. The molecule has 2 aromatic carbocycles. The maximum Gasteiger partial charge on any atom is 0.0478 e. The second-order valence-corrected chi connectivity index (χ2v) is 5.76. The molecule has 5 heteroatoms. The first-order valence-electron chi connectivity index (χ1n) is 6.63. The summed E-state index contributed by atoms with van der Waals surface area (Å²) in [4.78, 5) is 3.29. The molecule has 0 aliphatic rings. The lowest BCUT2D eigenvalue weighted by atomic mass is 10.1. The van der Waals surface area contributed by atoms with Crippen LogP contribution in [0.5, 0.6) is 0 Å². The van der Waals surface area contributed by atoms with E-state index in [2.05, 4.69) is 27.8 Å². The van der Waals surface area contributed by atoms with E-state index in [1.807, 2.05) is 31.4 Å². The average molecular weight is 320 g/mol. The lowest BCUT2D eigenvalue weighted by Gasteiger charge is -2.08. The zero-order valence-electron chi connectivity index (χ0n) is 11.5. The van der Waals surface area contributed by atoms with E-state index in [0.29, 0.717) is 10.0 Å². The number of hydrogen-bond acceptors (Lipinski definition) is 2. The summed E-state index contributed by atoms with van der Waals surface area (Å²) >= 11 is 12.0. The van der Waals surface area contributed by atoms with Gasteiger partial charge in [-0.05, 0) is 42.9 Å². The van der Waals surface area contributed by atoms with Gasteiger partial charge in [-0.2, -0.15) is 0 Å². The van der Waals surface area contributed by atoms with Gasteiger partial charge in [0, 0.05) is 45.1 Å². The Morgan fingerprint density at radius 3 is 2.48 bits per heavy atom. The van der Waals surface area contributed by atoms with Crippen molar-refractivity contribution in [3.63, 3.8) is 0 Å². The van der Waals surface area contributed by atoms with Crippen LogP contribution >= 0.6 is 23.2 Å². The van der Waals surface area contributed by atoms with Gasteiger partial charge in [-0.1, -0.05) is 29.3 Å². The summed E-state index contributed by atoms with van der Waals surface area (Å²) in [5.41, 5.74) is 4.20. The molecule has 0 bridgehead atoms. The Kier molecular flexibility index (Phi) is 4.06. The van der Waals surface area contributed by atoms with Crippen LogP contribution in [0.1, 0.15) is 5.56 Å². The Hall–Kier alpha value is -1.68. The van der Waals surface area contributed by atoms with E-state index in [0.717, 1.165) is 23.4 Å². The highest BCUT2D eigenvalue weighted by Crippen LogP contribution is 2.27. The van der Waals surface area contributed by atoms with Crippen LogP contribution in [0, 0.1) is 0 Å². The van der Waals surface area contributed by atoms with Crippen LogP contribution in [-0.4, -0.2) is 12.0 Å². The van der Waals surface area contributed by atoms with E-state index in [1.165, 1.54) is 10.9 Å². The third kappa shape index (κ3) is 3.16. The fraction of sp³-hybridized carbons (Fsp3) is 0.125. The molecule has 108 valence electrons. The smallest absolute Gasteiger partial charge is 0.0478 e. The molecule has 0 unspecified atom stereocenters. The van der Waals surface area contributed by atoms with Crippen LogP contribution < -0.4 is 10.6 Å². The number of hydrogen-bond donors (Lipinski definition) is 3. The molecule has 0 saturated carbocycles. The molecule has 3 rings (SSSR count). The van der Waals surface area contributed by atoms with E-state index >= 15 is 0 Å². The van der Waals surface area contributed by atoms with Gasteiger partial charge in [-0.15, -0.1) is 0 Å². The molecule has 3 aromatic rings. The zero-order valence-corrected chi connectivity index (χ0v) is 13.0. The Morgan fingerprint density at radius 1 is 1.00 bits per heavy atom. The molecule has 1 aromatic heterocycles.